The van der Waals surface area contributed by atoms with Crippen molar-refractivity contribution in [3.63, 3.8) is 0 Å². The number of carbonyl (C=O) groups is 1. The molecule has 3 heteroatoms. The maximum absolute atomic E-state index is 10.6. The highest BCUT2D eigenvalue weighted by Gasteiger charge is 2.20. The first-order valence-electron chi connectivity index (χ1n) is 6.58. The molecule has 0 bridgehead atoms. The summed E-state index contributed by atoms with van der Waals surface area (Å²) in [6.45, 7) is 8.50. The smallest absolute Gasteiger partial charge is 0.328 e. The van der Waals surface area contributed by atoms with E-state index in [9.17, 15) is 4.79 Å². The van der Waals surface area contributed by atoms with Crippen LogP contribution in [0.25, 0.3) is 6.08 Å². The number of rotatable bonds is 6. The van der Waals surface area contributed by atoms with Crippen LogP contribution in [0.1, 0.15) is 33.3 Å². The number of hydrogen-bond acceptors (Lipinski definition) is 2. The number of aliphatic carboxylic acids is 1. The van der Waals surface area contributed by atoms with Gasteiger partial charge in [0.05, 0.1) is 0 Å². The fourth-order valence-electron chi connectivity index (χ4n) is 2.08. The summed E-state index contributed by atoms with van der Waals surface area (Å²) in [6.07, 6.45) is 2.80. The number of carboxylic acid groups (broad SMARTS) is 1. The van der Waals surface area contributed by atoms with Crippen molar-refractivity contribution in [2.45, 2.75) is 33.8 Å². The summed E-state index contributed by atoms with van der Waals surface area (Å²) in [4.78, 5) is 10.6. The van der Waals surface area contributed by atoms with E-state index in [2.05, 4.69) is 27.7 Å². The van der Waals surface area contributed by atoms with Gasteiger partial charge in [0.25, 0.3) is 0 Å². The Morgan fingerprint density at radius 2 is 1.74 bits per heavy atom. The zero-order chi connectivity index (χ0) is 14.4. The molecular weight excluding hydrogens is 240 g/mol. The van der Waals surface area contributed by atoms with Crippen molar-refractivity contribution in [3.8, 4) is 5.75 Å². The first-order valence-corrected chi connectivity index (χ1v) is 6.58. The molecule has 0 saturated carbocycles. The molecule has 1 aromatic carbocycles. The maximum atomic E-state index is 10.6. The molecule has 1 rings (SSSR count). The van der Waals surface area contributed by atoms with Crippen LogP contribution in [0.2, 0.25) is 0 Å². The molecule has 0 heterocycles. The molecule has 0 fully saturated rings. The van der Waals surface area contributed by atoms with Gasteiger partial charge >= 0.3 is 5.97 Å². The Balaban J connectivity index is 2.97. The molecule has 19 heavy (non-hydrogen) atoms. The minimum absolute atomic E-state index is 0.111. The van der Waals surface area contributed by atoms with Gasteiger partial charge in [0, 0.05) is 11.6 Å². The predicted octanol–water partition coefficient (Wildman–Crippen LogP) is 3.84. The number of carboxylic acids is 1. The Bertz CT molecular complexity index is 439. The van der Waals surface area contributed by atoms with Crippen LogP contribution in [0.3, 0.4) is 0 Å². The summed E-state index contributed by atoms with van der Waals surface area (Å²) in [5, 5.41) is 8.70. The molecule has 104 valence electrons. The fourth-order valence-corrected chi connectivity index (χ4v) is 2.08. The Hall–Kier alpha value is -1.77. The van der Waals surface area contributed by atoms with Crippen LogP contribution in [-0.4, -0.2) is 17.2 Å². The van der Waals surface area contributed by atoms with Gasteiger partial charge in [-0.2, -0.15) is 0 Å². The highest BCUT2D eigenvalue weighted by molar-refractivity contribution is 5.85. The van der Waals surface area contributed by atoms with Gasteiger partial charge in [0.2, 0.25) is 0 Å². The van der Waals surface area contributed by atoms with Crippen LogP contribution < -0.4 is 4.74 Å². The Morgan fingerprint density at radius 1 is 1.16 bits per heavy atom. The largest absolute Gasteiger partial charge is 0.489 e. The van der Waals surface area contributed by atoms with E-state index >= 15 is 0 Å². The van der Waals surface area contributed by atoms with E-state index < -0.39 is 5.97 Å². The number of hydrogen-bond donors (Lipinski definition) is 1. The topological polar surface area (TPSA) is 46.5 Å². The molecule has 1 N–H and O–H groups in total. The van der Waals surface area contributed by atoms with Crippen molar-refractivity contribution in [2.24, 2.45) is 11.8 Å². The monoisotopic (exact) mass is 262 g/mol. The first kappa shape index (κ1) is 15.3. The lowest BCUT2D eigenvalue weighted by Gasteiger charge is -2.26. The summed E-state index contributed by atoms with van der Waals surface area (Å²) >= 11 is 0. The summed E-state index contributed by atoms with van der Waals surface area (Å²) in [5.74, 6) is 0.569. The zero-order valence-electron chi connectivity index (χ0n) is 12.0. The molecule has 0 atom stereocenters. The van der Waals surface area contributed by atoms with Gasteiger partial charge in [-0.1, -0.05) is 45.9 Å². The SMILES string of the molecule is CC(C)C(Oc1ccccc1/C=C/C(=O)O)C(C)C. The van der Waals surface area contributed by atoms with Gasteiger partial charge in [-0.25, -0.2) is 4.79 Å². The third kappa shape index (κ3) is 4.78. The van der Waals surface area contributed by atoms with E-state index in [-0.39, 0.29) is 6.10 Å². The van der Waals surface area contributed by atoms with E-state index in [0.717, 1.165) is 17.4 Å². The lowest BCUT2D eigenvalue weighted by Crippen LogP contribution is -2.29. The van der Waals surface area contributed by atoms with Crippen LogP contribution >= 0.6 is 0 Å². The van der Waals surface area contributed by atoms with Crippen LogP contribution in [0, 0.1) is 11.8 Å². The molecule has 0 amide bonds. The highest BCUT2D eigenvalue weighted by Crippen LogP contribution is 2.25. The van der Waals surface area contributed by atoms with Crippen molar-refractivity contribution in [1.82, 2.24) is 0 Å². The van der Waals surface area contributed by atoms with Crippen molar-refractivity contribution < 1.29 is 14.6 Å². The molecule has 0 aliphatic carbocycles. The Kier molecular flexibility index (Phi) is 5.61. The van der Waals surface area contributed by atoms with Gasteiger partial charge < -0.3 is 9.84 Å². The third-order valence-corrected chi connectivity index (χ3v) is 2.90. The maximum Gasteiger partial charge on any atom is 0.328 e. The summed E-state index contributed by atoms with van der Waals surface area (Å²) in [6, 6.07) is 7.49. The van der Waals surface area contributed by atoms with Crippen LogP contribution in [-0.2, 0) is 4.79 Å². The number of ether oxygens (including phenoxy) is 1. The molecule has 0 radical (unpaired) electrons. The van der Waals surface area contributed by atoms with Crippen LogP contribution in [0.5, 0.6) is 5.75 Å². The molecule has 0 unspecified atom stereocenters. The summed E-state index contributed by atoms with van der Waals surface area (Å²) in [5.41, 5.74) is 0.788. The van der Waals surface area contributed by atoms with E-state index in [1.165, 1.54) is 0 Å². The number of para-hydroxylation sites is 1. The average molecular weight is 262 g/mol. The fraction of sp³-hybridized carbons (Fsp3) is 0.438. The molecule has 1 aromatic rings. The van der Waals surface area contributed by atoms with Gasteiger partial charge in [0.1, 0.15) is 11.9 Å². The van der Waals surface area contributed by atoms with Crippen molar-refractivity contribution in [2.75, 3.05) is 0 Å². The Morgan fingerprint density at radius 3 is 2.26 bits per heavy atom. The summed E-state index contributed by atoms with van der Waals surface area (Å²) < 4.78 is 6.06. The second-order valence-corrected chi connectivity index (χ2v) is 5.28. The minimum Gasteiger partial charge on any atom is -0.489 e. The van der Waals surface area contributed by atoms with Crippen molar-refractivity contribution in [1.29, 1.82) is 0 Å². The predicted molar refractivity (Wildman–Crippen MR) is 77.2 cm³/mol. The Labute approximate surface area is 114 Å². The highest BCUT2D eigenvalue weighted by atomic mass is 16.5. The molecule has 0 aliphatic rings. The normalized spacial score (nSPS) is 11.7. The van der Waals surface area contributed by atoms with E-state index in [1.807, 2.05) is 24.3 Å². The van der Waals surface area contributed by atoms with Crippen LogP contribution in [0.15, 0.2) is 30.3 Å². The van der Waals surface area contributed by atoms with Crippen LogP contribution in [0.4, 0.5) is 0 Å². The lowest BCUT2D eigenvalue weighted by atomic mass is 9.96. The van der Waals surface area contributed by atoms with E-state index in [4.69, 9.17) is 9.84 Å². The van der Waals surface area contributed by atoms with E-state index in [1.54, 1.807) is 6.08 Å². The third-order valence-electron chi connectivity index (χ3n) is 2.90. The second kappa shape index (κ2) is 6.98. The minimum atomic E-state index is -0.959. The molecule has 0 aromatic heterocycles. The standard InChI is InChI=1S/C16H22O3/c1-11(2)16(12(3)4)19-14-8-6-5-7-13(14)9-10-15(17)18/h5-12,16H,1-4H3,(H,17,18)/b10-9+. The lowest BCUT2D eigenvalue weighted by molar-refractivity contribution is -0.131. The second-order valence-electron chi connectivity index (χ2n) is 5.28. The van der Waals surface area contributed by atoms with Gasteiger partial charge in [-0.15, -0.1) is 0 Å². The van der Waals surface area contributed by atoms with Gasteiger partial charge in [-0.05, 0) is 24.0 Å². The van der Waals surface area contributed by atoms with Crippen molar-refractivity contribution >= 4 is 12.0 Å². The molecule has 0 spiro atoms. The molecular formula is C16H22O3. The summed E-state index contributed by atoms with van der Waals surface area (Å²) in [7, 11) is 0. The average Bonchev–Trinajstić information content (AvgIpc) is 2.33. The van der Waals surface area contributed by atoms with Gasteiger partial charge in [0.15, 0.2) is 0 Å². The van der Waals surface area contributed by atoms with Gasteiger partial charge in [-0.3, -0.25) is 0 Å². The molecule has 0 saturated heterocycles. The first-order chi connectivity index (χ1) is 8.91. The quantitative estimate of drug-likeness (QED) is 0.792. The molecule has 3 nitrogen and oxygen atoms in total. The zero-order valence-corrected chi connectivity index (χ0v) is 12.0. The number of benzene rings is 1. The van der Waals surface area contributed by atoms with E-state index in [0.29, 0.717) is 11.8 Å². The molecule has 0 aliphatic heterocycles. The van der Waals surface area contributed by atoms with Crippen molar-refractivity contribution in [3.05, 3.63) is 35.9 Å².